The quantitative estimate of drug-likeness (QED) is 0.786. The molecule has 0 aliphatic heterocycles. The van der Waals surface area contributed by atoms with Gasteiger partial charge in [0, 0.05) is 11.0 Å². The summed E-state index contributed by atoms with van der Waals surface area (Å²) in [4.78, 5) is 0. The maximum Gasteiger partial charge on any atom is 0.0177 e. The van der Waals surface area contributed by atoms with E-state index in [2.05, 4.69) is 66.3 Å². The van der Waals surface area contributed by atoms with Crippen LogP contribution in [0.4, 0.5) is 0 Å². The maximum atomic E-state index is 3.55. The molecule has 0 atom stereocenters. The van der Waals surface area contributed by atoms with Crippen LogP contribution in [0.1, 0.15) is 39.2 Å². The van der Waals surface area contributed by atoms with Crippen LogP contribution in [0.5, 0.6) is 0 Å². The topological polar surface area (TPSA) is 12.0 Å². The molecule has 0 unspecified atom stereocenters. The van der Waals surface area contributed by atoms with E-state index in [1.165, 1.54) is 22.9 Å². The molecular formula is C15H24BrN. The van der Waals surface area contributed by atoms with Crippen molar-refractivity contribution in [3.05, 3.63) is 34.3 Å². The van der Waals surface area contributed by atoms with E-state index < -0.39 is 0 Å². The molecule has 0 fully saturated rings. The second kappa shape index (κ2) is 7.17. The normalized spacial score (nSPS) is 11.8. The van der Waals surface area contributed by atoms with Crippen LogP contribution in [0.3, 0.4) is 0 Å². The fraction of sp³-hybridized carbons (Fsp3) is 0.600. The molecule has 0 aliphatic carbocycles. The van der Waals surface area contributed by atoms with Crippen LogP contribution in [0.2, 0.25) is 0 Å². The third kappa shape index (κ3) is 4.44. The Morgan fingerprint density at radius 1 is 1.18 bits per heavy atom. The highest BCUT2D eigenvalue weighted by atomic mass is 79.9. The van der Waals surface area contributed by atoms with Gasteiger partial charge >= 0.3 is 0 Å². The van der Waals surface area contributed by atoms with E-state index in [1.807, 2.05) is 0 Å². The van der Waals surface area contributed by atoms with Crippen LogP contribution in [0.25, 0.3) is 0 Å². The van der Waals surface area contributed by atoms with Crippen molar-refractivity contribution in [3.8, 4) is 0 Å². The molecule has 1 rings (SSSR count). The Hall–Kier alpha value is -0.340. The number of rotatable bonds is 7. The van der Waals surface area contributed by atoms with Crippen molar-refractivity contribution < 1.29 is 0 Å². The molecule has 0 aliphatic rings. The van der Waals surface area contributed by atoms with Gasteiger partial charge in [0.2, 0.25) is 0 Å². The molecular weight excluding hydrogens is 274 g/mol. The Labute approximate surface area is 114 Å². The van der Waals surface area contributed by atoms with E-state index in [0.29, 0.717) is 5.41 Å². The average Bonchev–Trinajstić information content (AvgIpc) is 2.35. The van der Waals surface area contributed by atoms with E-state index in [0.717, 1.165) is 19.5 Å². The molecule has 96 valence electrons. The average molecular weight is 298 g/mol. The molecule has 0 amide bonds. The van der Waals surface area contributed by atoms with Gasteiger partial charge in [-0.25, -0.2) is 0 Å². The lowest BCUT2D eigenvalue weighted by molar-refractivity contribution is 0.248. The first-order valence-corrected chi connectivity index (χ1v) is 7.40. The number of hydrogen-bond acceptors (Lipinski definition) is 1. The highest BCUT2D eigenvalue weighted by molar-refractivity contribution is 9.10. The molecule has 0 aromatic heterocycles. The second-order valence-electron chi connectivity index (χ2n) is 4.79. The van der Waals surface area contributed by atoms with Gasteiger partial charge in [0.1, 0.15) is 0 Å². The SMILES string of the molecule is CCNCC(CC)(CC)Cc1cccc(Br)c1. The molecule has 0 spiro atoms. The van der Waals surface area contributed by atoms with Crippen LogP contribution < -0.4 is 5.32 Å². The molecule has 1 nitrogen and oxygen atoms in total. The summed E-state index contributed by atoms with van der Waals surface area (Å²) in [5, 5.41) is 3.51. The van der Waals surface area contributed by atoms with Crippen LogP contribution >= 0.6 is 15.9 Å². The van der Waals surface area contributed by atoms with Gasteiger partial charge in [-0.05, 0) is 48.9 Å². The Morgan fingerprint density at radius 2 is 1.88 bits per heavy atom. The van der Waals surface area contributed by atoms with Gasteiger partial charge in [-0.3, -0.25) is 0 Å². The summed E-state index contributed by atoms with van der Waals surface area (Å²) < 4.78 is 1.18. The highest BCUT2D eigenvalue weighted by Crippen LogP contribution is 2.31. The van der Waals surface area contributed by atoms with Gasteiger partial charge < -0.3 is 5.32 Å². The fourth-order valence-electron chi connectivity index (χ4n) is 2.28. The van der Waals surface area contributed by atoms with Crippen LogP contribution in [0.15, 0.2) is 28.7 Å². The van der Waals surface area contributed by atoms with Crippen molar-refractivity contribution in [2.24, 2.45) is 5.41 Å². The molecule has 2 heteroatoms. The Balaban J connectivity index is 2.78. The van der Waals surface area contributed by atoms with Crippen molar-refractivity contribution in [1.82, 2.24) is 5.32 Å². The lowest BCUT2D eigenvalue weighted by atomic mass is 9.77. The molecule has 1 aromatic carbocycles. The minimum Gasteiger partial charge on any atom is -0.316 e. The fourth-order valence-corrected chi connectivity index (χ4v) is 2.73. The standard InChI is InChI=1S/C15H24BrN/c1-4-15(5-2,12-17-6-3)11-13-8-7-9-14(16)10-13/h7-10,17H,4-6,11-12H2,1-3H3. The summed E-state index contributed by atoms with van der Waals surface area (Å²) >= 11 is 3.55. The van der Waals surface area contributed by atoms with Crippen LogP contribution in [-0.2, 0) is 6.42 Å². The third-order valence-corrected chi connectivity index (χ3v) is 4.21. The first kappa shape index (κ1) is 14.7. The Bertz CT molecular complexity index is 331. The van der Waals surface area contributed by atoms with Crippen molar-refractivity contribution in [2.45, 2.75) is 40.0 Å². The van der Waals surface area contributed by atoms with Gasteiger partial charge in [0.25, 0.3) is 0 Å². The van der Waals surface area contributed by atoms with Gasteiger partial charge in [-0.2, -0.15) is 0 Å². The van der Waals surface area contributed by atoms with E-state index >= 15 is 0 Å². The number of benzene rings is 1. The van der Waals surface area contributed by atoms with Gasteiger partial charge in [0.15, 0.2) is 0 Å². The summed E-state index contributed by atoms with van der Waals surface area (Å²) in [6, 6.07) is 8.69. The van der Waals surface area contributed by atoms with Gasteiger partial charge in [0.05, 0.1) is 0 Å². The second-order valence-corrected chi connectivity index (χ2v) is 5.71. The Kier molecular flexibility index (Phi) is 6.21. The van der Waals surface area contributed by atoms with Crippen molar-refractivity contribution in [3.63, 3.8) is 0 Å². The monoisotopic (exact) mass is 297 g/mol. The van der Waals surface area contributed by atoms with Crippen molar-refractivity contribution in [1.29, 1.82) is 0 Å². The number of nitrogens with one attached hydrogen (secondary N) is 1. The predicted octanol–water partition coefficient (Wildman–Crippen LogP) is 4.41. The molecule has 0 bridgehead atoms. The highest BCUT2D eigenvalue weighted by Gasteiger charge is 2.25. The Morgan fingerprint density at radius 3 is 2.41 bits per heavy atom. The molecule has 0 heterocycles. The zero-order chi connectivity index (χ0) is 12.7. The summed E-state index contributed by atoms with van der Waals surface area (Å²) in [6.07, 6.45) is 3.61. The molecule has 1 N–H and O–H groups in total. The zero-order valence-electron chi connectivity index (χ0n) is 11.2. The first-order valence-electron chi connectivity index (χ1n) is 6.61. The predicted molar refractivity (Wildman–Crippen MR) is 79.4 cm³/mol. The molecule has 0 radical (unpaired) electrons. The smallest absolute Gasteiger partial charge is 0.0177 e. The summed E-state index contributed by atoms with van der Waals surface area (Å²) in [6.45, 7) is 8.95. The van der Waals surface area contributed by atoms with E-state index in [4.69, 9.17) is 0 Å². The molecule has 17 heavy (non-hydrogen) atoms. The summed E-state index contributed by atoms with van der Waals surface area (Å²) in [7, 11) is 0. The van der Waals surface area contributed by atoms with E-state index in [-0.39, 0.29) is 0 Å². The molecule has 0 saturated carbocycles. The minimum absolute atomic E-state index is 0.400. The van der Waals surface area contributed by atoms with Crippen molar-refractivity contribution in [2.75, 3.05) is 13.1 Å². The minimum atomic E-state index is 0.400. The molecule has 0 saturated heterocycles. The van der Waals surface area contributed by atoms with E-state index in [9.17, 15) is 0 Å². The number of hydrogen-bond donors (Lipinski definition) is 1. The maximum absolute atomic E-state index is 3.55. The van der Waals surface area contributed by atoms with Gasteiger partial charge in [-0.1, -0.05) is 48.8 Å². The van der Waals surface area contributed by atoms with Crippen LogP contribution in [-0.4, -0.2) is 13.1 Å². The van der Waals surface area contributed by atoms with Gasteiger partial charge in [-0.15, -0.1) is 0 Å². The lowest BCUT2D eigenvalue weighted by Crippen LogP contribution is -2.35. The van der Waals surface area contributed by atoms with Crippen molar-refractivity contribution >= 4 is 15.9 Å². The summed E-state index contributed by atoms with van der Waals surface area (Å²) in [5.74, 6) is 0. The largest absolute Gasteiger partial charge is 0.316 e. The lowest BCUT2D eigenvalue weighted by Gasteiger charge is -2.32. The van der Waals surface area contributed by atoms with E-state index in [1.54, 1.807) is 0 Å². The number of halogens is 1. The first-order chi connectivity index (χ1) is 8.15. The third-order valence-electron chi connectivity index (χ3n) is 3.72. The van der Waals surface area contributed by atoms with Crippen LogP contribution in [0, 0.1) is 5.41 Å². The zero-order valence-corrected chi connectivity index (χ0v) is 12.8. The molecule has 1 aromatic rings. The summed E-state index contributed by atoms with van der Waals surface area (Å²) in [5.41, 5.74) is 1.83.